The Bertz CT molecular complexity index is 1800. The molecular formula is C33H41ClF3N7O5. The van der Waals surface area contributed by atoms with Crippen LogP contribution in [0.15, 0.2) is 29.1 Å². The number of nitrogens with one attached hydrogen (secondary N) is 1. The third kappa shape index (κ3) is 7.57. The number of benzene rings is 1. The quantitative estimate of drug-likeness (QED) is 0.334. The first-order valence-corrected chi connectivity index (χ1v) is 16.6. The first-order chi connectivity index (χ1) is 23.2. The number of carbonyl (C=O) groups is 2. The second-order valence-corrected chi connectivity index (χ2v) is 13.4. The Morgan fingerprint density at radius 3 is 2.47 bits per heavy atom. The van der Waals surface area contributed by atoms with Crippen LogP contribution in [-0.2, 0) is 33.4 Å². The van der Waals surface area contributed by atoms with Gasteiger partial charge in [-0.25, -0.2) is 4.79 Å². The predicted octanol–water partition coefficient (Wildman–Crippen LogP) is 5.44. The fourth-order valence-corrected chi connectivity index (χ4v) is 6.60. The van der Waals surface area contributed by atoms with Gasteiger partial charge in [-0.05, 0) is 70.2 Å². The topological polar surface area (TPSA) is 123 Å². The van der Waals surface area contributed by atoms with Crippen molar-refractivity contribution < 1.29 is 32.2 Å². The van der Waals surface area contributed by atoms with E-state index in [1.165, 1.54) is 10.6 Å². The first-order valence-electron chi connectivity index (χ1n) is 16.2. The molecule has 1 saturated carbocycles. The standard InChI is InChI=1S/C25H34N6O5.C8H7ClF3N/c1-5-17-20(28-10-11-30(19-7-6-18(19)28)24(34)36-25(2,3)4)22(33)31-23(29(17)12-13-32)26-21(27-31)16-8-14-35-15-9-16;1-13-7-3-2-5(4-6(7)9)8(10,11)12/h8,13,18-19H,5-7,9-12,14-15H2,1-4H3;2-4,13H,1H3. The lowest BCUT2D eigenvalue weighted by molar-refractivity contribution is -0.137. The van der Waals surface area contributed by atoms with Crippen molar-refractivity contribution in [2.24, 2.45) is 0 Å². The lowest BCUT2D eigenvalue weighted by Crippen LogP contribution is -2.67. The lowest BCUT2D eigenvalue weighted by Gasteiger charge is -2.54. The number of hydrogen-bond donors (Lipinski definition) is 1. The lowest BCUT2D eigenvalue weighted by atomic mass is 9.81. The molecular weight excluding hydrogens is 667 g/mol. The van der Waals surface area contributed by atoms with E-state index in [0.717, 1.165) is 42.5 Å². The molecule has 16 heteroatoms. The van der Waals surface area contributed by atoms with Crippen LogP contribution in [0.3, 0.4) is 0 Å². The van der Waals surface area contributed by atoms with Gasteiger partial charge in [-0.15, -0.1) is 5.10 Å². The number of amides is 1. The summed E-state index contributed by atoms with van der Waals surface area (Å²) in [5, 5.41) is 7.32. The number of nitrogens with zero attached hydrogens (tertiary/aromatic N) is 6. The van der Waals surface area contributed by atoms with Gasteiger partial charge in [0, 0.05) is 26.2 Å². The highest BCUT2D eigenvalue weighted by molar-refractivity contribution is 6.33. The molecule has 4 heterocycles. The van der Waals surface area contributed by atoms with Gasteiger partial charge in [0.15, 0.2) is 5.82 Å². The van der Waals surface area contributed by atoms with Gasteiger partial charge < -0.3 is 34.0 Å². The average Bonchev–Trinajstić information content (AvgIpc) is 3.48. The average molecular weight is 708 g/mol. The Morgan fingerprint density at radius 2 is 1.92 bits per heavy atom. The van der Waals surface area contributed by atoms with Crippen molar-refractivity contribution in [3.8, 4) is 0 Å². The molecule has 2 fully saturated rings. The third-order valence-electron chi connectivity index (χ3n) is 8.73. The second kappa shape index (κ2) is 14.4. The van der Waals surface area contributed by atoms with E-state index in [4.69, 9.17) is 21.1 Å². The summed E-state index contributed by atoms with van der Waals surface area (Å²) in [5.41, 5.74) is 1.17. The summed E-state index contributed by atoms with van der Waals surface area (Å²) in [6.07, 6.45) is 1.05. The van der Waals surface area contributed by atoms with Crippen LogP contribution in [0.4, 0.5) is 29.3 Å². The normalized spacial score (nSPS) is 19.3. The van der Waals surface area contributed by atoms with E-state index in [9.17, 15) is 27.6 Å². The van der Waals surface area contributed by atoms with E-state index in [1.54, 1.807) is 16.5 Å². The smallest absolute Gasteiger partial charge is 0.416 e. The molecule has 1 aromatic carbocycles. The molecule has 3 aromatic rings. The third-order valence-corrected chi connectivity index (χ3v) is 9.05. The zero-order valence-corrected chi connectivity index (χ0v) is 28.9. The van der Waals surface area contributed by atoms with E-state index in [-0.39, 0.29) is 35.3 Å². The summed E-state index contributed by atoms with van der Waals surface area (Å²) in [6.45, 7) is 9.66. The molecule has 2 aliphatic heterocycles. The van der Waals surface area contributed by atoms with E-state index >= 15 is 0 Å². The molecule has 2 atom stereocenters. The zero-order valence-electron chi connectivity index (χ0n) is 28.1. The minimum atomic E-state index is -4.34. The maximum atomic E-state index is 13.9. The monoisotopic (exact) mass is 707 g/mol. The molecule has 1 amide bonds. The molecule has 0 bridgehead atoms. The molecule has 49 heavy (non-hydrogen) atoms. The van der Waals surface area contributed by atoms with E-state index in [2.05, 4.69) is 20.3 Å². The second-order valence-electron chi connectivity index (χ2n) is 13.0. The number of alkyl halides is 3. The Kier molecular flexibility index (Phi) is 10.6. The van der Waals surface area contributed by atoms with Crippen LogP contribution in [0.2, 0.25) is 5.02 Å². The number of ether oxygens (including phenoxy) is 2. The number of fused-ring (bicyclic) bond motifs is 2. The molecule has 2 aromatic heterocycles. The van der Waals surface area contributed by atoms with Crippen molar-refractivity contribution in [2.75, 3.05) is 43.6 Å². The maximum Gasteiger partial charge on any atom is 0.416 e. The summed E-state index contributed by atoms with van der Waals surface area (Å²) < 4.78 is 50.5. The summed E-state index contributed by atoms with van der Waals surface area (Å²) in [5.74, 6) is 0.859. The Hall–Kier alpha value is -4.11. The van der Waals surface area contributed by atoms with Crippen molar-refractivity contribution in [1.82, 2.24) is 24.1 Å². The van der Waals surface area contributed by atoms with Gasteiger partial charge in [0.1, 0.15) is 17.6 Å². The van der Waals surface area contributed by atoms with Crippen LogP contribution in [0.5, 0.6) is 0 Å². The Balaban J connectivity index is 0.000000304. The maximum absolute atomic E-state index is 13.9. The van der Waals surface area contributed by atoms with Crippen molar-refractivity contribution >= 4 is 46.7 Å². The molecule has 1 saturated heterocycles. The molecule has 2 unspecified atom stereocenters. The van der Waals surface area contributed by atoms with Gasteiger partial charge in [0.2, 0.25) is 5.78 Å². The van der Waals surface area contributed by atoms with Crippen molar-refractivity contribution in [3.63, 3.8) is 0 Å². The number of rotatable bonds is 6. The van der Waals surface area contributed by atoms with E-state index in [0.29, 0.717) is 62.1 Å². The number of aromatic nitrogens is 4. The van der Waals surface area contributed by atoms with Crippen LogP contribution >= 0.6 is 11.6 Å². The van der Waals surface area contributed by atoms with Gasteiger partial charge >= 0.3 is 12.3 Å². The molecule has 6 rings (SSSR count). The molecule has 12 nitrogen and oxygen atoms in total. The predicted molar refractivity (Wildman–Crippen MR) is 179 cm³/mol. The number of aldehydes is 1. The van der Waals surface area contributed by atoms with Gasteiger partial charge in [0.25, 0.3) is 5.56 Å². The van der Waals surface area contributed by atoms with Gasteiger partial charge in [-0.2, -0.15) is 22.7 Å². The Morgan fingerprint density at radius 1 is 1.18 bits per heavy atom. The molecule has 3 aliphatic rings. The molecule has 0 spiro atoms. The zero-order chi connectivity index (χ0) is 35.7. The van der Waals surface area contributed by atoms with Crippen LogP contribution in [0, 0.1) is 0 Å². The largest absolute Gasteiger partial charge is 0.444 e. The highest BCUT2D eigenvalue weighted by Crippen LogP contribution is 2.38. The van der Waals surface area contributed by atoms with Crippen molar-refractivity contribution in [3.05, 3.63) is 56.7 Å². The van der Waals surface area contributed by atoms with Gasteiger partial charge in [0.05, 0.1) is 47.8 Å². The fourth-order valence-electron chi connectivity index (χ4n) is 6.32. The van der Waals surface area contributed by atoms with Gasteiger partial charge in [-0.1, -0.05) is 24.6 Å². The highest BCUT2D eigenvalue weighted by atomic mass is 35.5. The van der Waals surface area contributed by atoms with Gasteiger partial charge in [-0.3, -0.25) is 4.79 Å². The van der Waals surface area contributed by atoms with Crippen LogP contribution in [0.1, 0.15) is 64.0 Å². The van der Waals surface area contributed by atoms with E-state index in [1.807, 2.05) is 33.8 Å². The number of halogens is 4. The summed E-state index contributed by atoms with van der Waals surface area (Å²) in [4.78, 5) is 47.0. The molecule has 1 aliphatic carbocycles. The number of anilines is 2. The van der Waals surface area contributed by atoms with E-state index < -0.39 is 17.3 Å². The minimum absolute atomic E-state index is 0.00703. The van der Waals surface area contributed by atoms with Crippen molar-refractivity contribution in [1.29, 1.82) is 0 Å². The molecule has 0 radical (unpaired) electrons. The fraction of sp³-hybridized carbons (Fsp3) is 0.545. The SMILES string of the molecule is CCc1c(N2CCN(C(=O)OC(C)(C)C)C3CCC32)c(=O)n2nc(C3=CCOCC3)nc2n1CC=O.CNc1ccc(C(F)(F)F)cc1Cl. The summed E-state index contributed by atoms with van der Waals surface area (Å²) in [7, 11) is 1.59. The number of piperazine rings is 1. The first kappa shape index (κ1) is 36.2. The van der Waals surface area contributed by atoms with Crippen molar-refractivity contribution in [2.45, 2.75) is 83.8 Å². The van der Waals surface area contributed by atoms with Crippen LogP contribution in [0.25, 0.3) is 11.4 Å². The molecule has 1 N–H and O–H groups in total. The highest BCUT2D eigenvalue weighted by Gasteiger charge is 2.47. The number of hydrogen-bond acceptors (Lipinski definition) is 9. The van der Waals surface area contributed by atoms with Crippen LogP contribution in [-0.4, -0.2) is 87.5 Å². The van der Waals surface area contributed by atoms with Crippen LogP contribution < -0.4 is 15.8 Å². The molecule has 266 valence electrons. The summed E-state index contributed by atoms with van der Waals surface area (Å²) >= 11 is 5.57. The number of carbonyl (C=O) groups excluding carboxylic acids is 2. The Labute approximate surface area is 286 Å². The summed E-state index contributed by atoms with van der Waals surface area (Å²) in [6, 6.07) is 3.16. The minimum Gasteiger partial charge on any atom is -0.444 e.